The molecule has 0 radical (unpaired) electrons. The van der Waals surface area contributed by atoms with Crippen molar-refractivity contribution in [3.63, 3.8) is 0 Å². The van der Waals surface area contributed by atoms with E-state index in [9.17, 15) is 8.42 Å². The third kappa shape index (κ3) is 3.92. The fourth-order valence-corrected chi connectivity index (χ4v) is 4.64. The van der Waals surface area contributed by atoms with E-state index in [0.29, 0.717) is 23.7 Å². The Morgan fingerprint density at radius 2 is 1.77 bits per heavy atom. The van der Waals surface area contributed by atoms with Crippen LogP contribution >= 0.6 is 0 Å². The van der Waals surface area contributed by atoms with Crippen molar-refractivity contribution in [3.8, 4) is 5.75 Å². The van der Waals surface area contributed by atoms with Gasteiger partial charge in [0.2, 0.25) is 10.0 Å². The van der Waals surface area contributed by atoms with Gasteiger partial charge in [-0.3, -0.25) is 0 Å². The lowest BCUT2D eigenvalue weighted by Gasteiger charge is -2.34. The van der Waals surface area contributed by atoms with Gasteiger partial charge >= 0.3 is 0 Å². The number of methoxy groups -OCH3 is 1. The smallest absolute Gasteiger partial charge is 0.243 e. The second-order valence-electron chi connectivity index (χ2n) is 6.47. The lowest BCUT2D eigenvalue weighted by atomic mass is 10.1. The van der Waals surface area contributed by atoms with Gasteiger partial charge in [0.05, 0.1) is 17.7 Å². The average Bonchev–Trinajstić information content (AvgIpc) is 2.98. The molecule has 0 atom stereocenters. The number of ether oxygens (including phenoxy) is 1. The van der Waals surface area contributed by atoms with E-state index in [2.05, 4.69) is 10.1 Å². The molecule has 0 spiro atoms. The van der Waals surface area contributed by atoms with Crippen molar-refractivity contribution in [1.29, 1.82) is 0 Å². The van der Waals surface area contributed by atoms with Crippen molar-refractivity contribution in [2.75, 3.05) is 39.8 Å². The van der Waals surface area contributed by atoms with Crippen LogP contribution in [-0.4, -0.2) is 62.6 Å². The summed E-state index contributed by atoms with van der Waals surface area (Å²) in [5.41, 5.74) is 2.08. The second kappa shape index (κ2) is 7.77. The van der Waals surface area contributed by atoms with Gasteiger partial charge in [-0.25, -0.2) is 8.42 Å². The van der Waals surface area contributed by atoms with Crippen molar-refractivity contribution in [2.24, 2.45) is 0 Å². The van der Waals surface area contributed by atoms with Crippen LogP contribution in [0.25, 0.3) is 0 Å². The van der Waals surface area contributed by atoms with Crippen LogP contribution in [0.4, 0.5) is 0 Å². The molecule has 0 saturated carbocycles. The summed E-state index contributed by atoms with van der Waals surface area (Å²) < 4.78 is 37.4. The van der Waals surface area contributed by atoms with Gasteiger partial charge in [0.1, 0.15) is 11.5 Å². The number of nitrogens with zero attached hydrogens (tertiary/aromatic N) is 3. The molecule has 3 rings (SSSR count). The summed E-state index contributed by atoms with van der Waals surface area (Å²) in [6.07, 6.45) is 0.867. The van der Waals surface area contributed by atoms with Gasteiger partial charge in [-0.1, -0.05) is 5.16 Å². The van der Waals surface area contributed by atoms with Gasteiger partial charge in [-0.05, 0) is 44.5 Å². The minimum absolute atomic E-state index is 0.308. The number of sulfonamides is 1. The number of aryl methyl sites for hydroxylation is 2. The summed E-state index contributed by atoms with van der Waals surface area (Å²) in [5, 5.41) is 3.98. The van der Waals surface area contributed by atoms with E-state index in [1.165, 1.54) is 0 Å². The molecular weight excluding hydrogens is 354 g/mol. The van der Waals surface area contributed by atoms with E-state index in [0.717, 1.165) is 43.1 Å². The number of aromatic nitrogens is 1. The predicted octanol–water partition coefficient (Wildman–Crippen LogP) is 1.85. The predicted molar refractivity (Wildman–Crippen MR) is 97.9 cm³/mol. The number of rotatable bonds is 6. The SMILES string of the molecule is COc1ccc(S(=O)(=O)N2CCN(CCc3c(C)noc3C)CC2)cc1. The van der Waals surface area contributed by atoms with Crippen LogP contribution in [-0.2, 0) is 16.4 Å². The second-order valence-corrected chi connectivity index (χ2v) is 8.41. The number of hydrogen-bond acceptors (Lipinski definition) is 6. The molecule has 1 saturated heterocycles. The van der Waals surface area contributed by atoms with E-state index in [1.54, 1.807) is 35.7 Å². The molecule has 2 heterocycles. The summed E-state index contributed by atoms with van der Waals surface area (Å²) in [4.78, 5) is 2.59. The highest BCUT2D eigenvalue weighted by atomic mass is 32.2. The maximum atomic E-state index is 12.8. The molecule has 0 unspecified atom stereocenters. The Morgan fingerprint density at radius 3 is 2.31 bits per heavy atom. The van der Waals surface area contributed by atoms with Crippen LogP contribution in [0, 0.1) is 13.8 Å². The van der Waals surface area contributed by atoms with Gasteiger partial charge in [0.25, 0.3) is 0 Å². The van der Waals surface area contributed by atoms with E-state index >= 15 is 0 Å². The Morgan fingerprint density at radius 1 is 1.12 bits per heavy atom. The zero-order valence-corrected chi connectivity index (χ0v) is 16.3. The minimum atomic E-state index is -3.46. The number of piperazine rings is 1. The zero-order valence-electron chi connectivity index (χ0n) is 15.4. The average molecular weight is 379 g/mol. The normalized spacial score (nSPS) is 16.7. The molecule has 1 aromatic heterocycles. The highest BCUT2D eigenvalue weighted by molar-refractivity contribution is 7.89. The van der Waals surface area contributed by atoms with Crippen LogP contribution in [0.2, 0.25) is 0 Å². The summed E-state index contributed by atoms with van der Waals surface area (Å²) in [5.74, 6) is 1.51. The fraction of sp³-hybridized carbons (Fsp3) is 0.500. The molecule has 26 heavy (non-hydrogen) atoms. The van der Waals surface area contributed by atoms with Gasteiger partial charge in [0, 0.05) is 38.3 Å². The van der Waals surface area contributed by atoms with Crippen LogP contribution in [0.5, 0.6) is 5.75 Å². The Balaban J connectivity index is 1.57. The highest BCUT2D eigenvalue weighted by Crippen LogP contribution is 2.21. The molecule has 1 fully saturated rings. The lowest BCUT2D eigenvalue weighted by Crippen LogP contribution is -2.49. The first-order valence-electron chi connectivity index (χ1n) is 8.70. The van der Waals surface area contributed by atoms with Gasteiger partial charge in [-0.15, -0.1) is 0 Å². The Kier molecular flexibility index (Phi) is 5.64. The number of benzene rings is 1. The molecule has 0 bridgehead atoms. The van der Waals surface area contributed by atoms with Crippen molar-refractivity contribution in [2.45, 2.75) is 25.2 Å². The molecule has 2 aromatic rings. The van der Waals surface area contributed by atoms with Crippen LogP contribution < -0.4 is 4.74 Å². The Labute approximate surface area is 154 Å². The molecular formula is C18H25N3O4S. The van der Waals surface area contributed by atoms with E-state index in [-0.39, 0.29) is 0 Å². The third-order valence-corrected chi connectivity index (χ3v) is 6.80. The molecule has 142 valence electrons. The molecule has 0 aliphatic carbocycles. The Hall–Kier alpha value is -1.90. The first-order chi connectivity index (χ1) is 12.4. The van der Waals surface area contributed by atoms with E-state index in [4.69, 9.17) is 9.26 Å². The lowest BCUT2D eigenvalue weighted by molar-refractivity contribution is 0.190. The number of hydrogen-bond donors (Lipinski definition) is 0. The topological polar surface area (TPSA) is 75.9 Å². The molecule has 1 aromatic carbocycles. The standard InChI is InChI=1S/C18H25N3O4S/c1-14-18(15(2)25-19-14)8-9-20-10-12-21(13-11-20)26(22,23)17-6-4-16(24-3)5-7-17/h4-7H,8-13H2,1-3H3. The maximum Gasteiger partial charge on any atom is 0.243 e. The molecule has 8 heteroatoms. The van der Waals surface area contributed by atoms with Crippen molar-refractivity contribution >= 4 is 10.0 Å². The van der Waals surface area contributed by atoms with Crippen molar-refractivity contribution in [1.82, 2.24) is 14.4 Å². The Bertz CT molecular complexity index is 818. The molecule has 0 amide bonds. The highest BCUT2D eigenvalue weighted by Gasteiger charge is 2.28. The van der Waals surface area contributed by atoms with Crippen molar-refractivity contribution < 1.29 is 17.7 Å². The minimum Gasteiger partial charge on any atom is -0.497 e. The van der Waals surface area contributed by atoms with Crippen LogP contribution in [0.1, 0.15) is 17.0 Å². The van der Waals surface area contributed by atoms with Crippen LogP contribution in [0.15, 0.2) is 33.7 Å². The maximum absolute atomic E-state index is 12.8. The van der Waals surface area contributed by atoms with Gasteiger partial charge in [0.15, 0.2) is 0 Å². The molecule has 1 aliphatic rings. The summed E-state index contributed by atoms with van der Waals surface area (Å²) in [6, 6.07) is 6.54. The quantitative estimate of drug-likeness (QED) is 0.762. The zero-order chi connectivity index (χ0) is 18.7. The van der Waals surface area contributed by atoms with E-state index in [1.807, 2.05) is 13.8 Å². The van der Waals surface area contributed by atoms with E-state index < -0.39 is 10.0 Å². The molecule has 1 aliphatic heterocycles. The van der Waals surface area contributed by atoms with Crippen molar-refractivity contribution in [3.05, 3.63) is 41.3 Å². The monoisotopic (exact) mass is 379 g/mol. The van der Waals surface area contributed by atoms with Crippen LogP contribution in [0.3, 0.4) is 0 Å². The summed E-state index contributed by atoms with van der Waals surface area (Å²) in [6.45, 7) is 7.18. The third-order valence-electron chi connectivity index (χ3n) is 4.89. The molecule has 0 N–H and O–H groups in total. The fourth-order valence-electron chi connectivity index (χ4n) is 3.22. The summed E-state index contributed by atoms with van der Waals surface area (Å²) in [7, 11) is -1.90. The first-order valence-corrected chi connectivity index (χ1v) is 10.1. The van der Waals surface area contributed by atoms with Gasteiger partial charge in [-0.2, -0.15) is 4.31 Å². The first kappa shape index (κ1) is 18.9. The molecule has 7 nitrogen and oxygen atoms in total. The summed E-state index contributed by atoms with van der Waals surface area (Å²) >= 11 is 0. The largest absolute Gasteiger partial charge is 0.497 e. The van der Waals surface area contributed by atoms with Gasteiger partial charge < -0.3 is 14.2 Å².